The normalized spacial score (nSPS) is 23.5. The fraction of sp³-hybridized carbons (Fsp3) is 0.393. The van der Waals surface area contributed by atoms with Gasteiger partial charge in [0.25, 0.3) is 0 Å². The molecular formula is C28H30FNO5S2. The van der Waals surface area contributed by atoms with Gasteiger partial charge in [0, 0.05) is 47.7 Å². The van der Waals surface area contributed by atoms with Crippen molar-refractivity contribution in [2.24, 2.45) is 5.92 Å². The first-order valence-electron chi connectivity index (χ1n) is 12.0. The van der Waals surface area contributed by atoms with Crippen molar-refractivity contribution in [3.8, 4) is 10.4 Å². The Morgan fingerprint density at radius 2 is 1.81 bits per heavy atom. The summed E-state index contributed by atoms with van der Waals surface area (Å²) in [7, 11) is 0. The highest BCUT2D eigenvalue weighted by Crippen LogP contribution is 2.42. The smallest absolute Gasteiger partial charge is 0.303 e. The van der Waals surface area contributed by atoms with Gasteiger partial charge in [-0.3, -0.25) is 9.59 Å². The first-order chi connectivity index (χ1) is 17.7. The standard InChI is InChI=1S/C28H30FNO5S2/c1-15-6-7-19(12-21(15)13-22-9-10-23(37-22)20-8-11-24(29)30-14-20)25-16(2)26(33-17(3)31)27(34-18(4)32)28(35-25)36-5/h6-12,14,16,25-28H,13H2,1-5H3/t16-,25?,26+,27-,28+/m0/s1. The molecule has 1 fully saturated rings. The van der Waals surface area contributed by atoms with E-state index in [0.29, 0.717) is 0 Å². The number of hydrogen-bond acceptors (Lipinski definition) is 8. The van der Waals surface area contributed by atoms with Crippen LogP contribution in [0.15, 0.2) is 48.7 Å². The molecule has 2 aromatic heterocycles. The summed E-state index contributed by atoms with van der Waals surface area (Å²) in [5.74, 6) is -1.61. The van der Waals surface area contributed by atoms with Crippen LogP contribution in [-0.4, -0.2) is 40.8 Å². The molecule has 0 saturated carbocycles. The second-order valence-corrected chi connectivity index (χ2v) is 11.3. The molecule has 0 spiro atoms. The molecule has 3 aromatic rings. The lowest BCUT2D eigenvalue weighted by atomic mass is 9.85. The number of esters is 2. The van der Waals surface area contributed by atoms with Crippen LogP contribution in [0, 0.1) is 18.8 Å². The summed E-state index contributed by atoms with van der Waals surface area (Å²) in [4.78, 5) is 29.7. The molecule has 1 saturated heterocycles. The van der Waals surface area contributed by atoms with E-state index in [4.69, 9.17) is 14.2 Å². The van der Waals surface area contributed by atoms with Gasteiger partial charge in [0.1, 0.15) is 11.5 Å². The highest BCUT2D eigenvalue weighted by molar-refractivity contribution is 7.99. The molecule has 0 amide bonds. The van der Waals surface area contributed by atoms with Gasteiger partial charge in [-0.2, -0.15) is 4.39 Å². The molecule has 6 nitrogen and oxygen atoms in total. The number of benzene rings is 1. The predicted molar refractivity (Wildman–Crippen MR) is 143 cm³/mol. The number of halogens is 1. The third-order valence-corrected chi connectivity index (χ3v) is 8.42. The minimum Gasteiger partial charge on any atom is -0.458 e. The van der Waals surface area contributed by atoms with Gasteiger partial charge in [0.15, 0.2) is 6.10 Å². The van der Waals surface area contributed by atoms with Gasteiger partial charge in [-0.15, -0.1) is 23.1 Å². The molecule has 1 unspecified atom stereocenters. The summed E-state index contributed by atoms with van der Waals surface area (Å²) in [6.07, 6.45) is 2.48. The number of carbonyl (C=O) groups excluding carboxylic acids is 2. The molecule has 1 aromatic carbocycles. The van der Waals surface area contributed by atoms with Crippen LogP contribution in [0.2, 0.25) is 0 Å². The summed E-state index contributed by atoms with van der Waals surface area (Å²) in [6.45, 7) is 6.73. The lowest BCUT2D eigenvalue weighted by Crippen LogP contribution is -2.52. The van der Waals surface area contributed by atoms with E-state index in [1.54, 1.807) is 23.6 Å². The number of thiophene rings is 1. The Morgan fingerprint density at radius 1 is 1.08 bits per heavy atom. The van der Waals surface area contributed by atoms with E-state index in [-0.39, 0.29) is 12.0 Å². The van der Waals surface area contributed by atoms with Gasteiger partial charge in [-0.1, -0.05) is 25.1 Å². The summed E-state index contributed by atoms with van der Waals surface area (Å²) in [6, 6.07) is 13.5. The van der Waals surface area contributed by atoms with Crippen molar-refractivity contribution < 1.29 is 28.2 Å². The van der Waals surface area contributed by atoms with Gasteiger partial charge >= 0.3 is 11.9 Å². The summed E-state index contributed by atoms with van der Waals surface area (Å²) >= 11 is 3.07. The van der Waals surface area contributed by atoms with Gasteiger partial charge in [-0.05, 0) is 54.1 Å². The lowest BCUT2D eigenvalue weighted by Gasteiger charge is -2.44. The van der Waals surface area contributed by atoms with E-state index in [9.17, 15) is 14.0 Å². The fourth-order valence-corrected chi connectivity index (χ4v) is 6.35. The van der Waals surface area contributed by atoms with Crippen molar-refractivity contribution in [2.45, 2.75) is 57.9 Å². The van der Waals surface area contributed by atoms with Crippen molar-refractivity contribution >= 4 is 35.0 Å². The average Bonchev–Trinajstić information content (AvgIpc) is 3.31. The van der Waals surface area contributed by atoms with E-state index in [2.05, 4.69) is 30.1 Å². The predicted octanol–water partition coefficient (Wildman–Crippen LogP) is 6.11. The molecule has 37 heavy (non-hydrogen) atoms. The van der Waals surface area contributed by atoms with Crippen LogP contribution in [-0.2, 0) is 30.2 Å². The summed E-state index contributed by atoms with van der Waals surface area (Å²) in [5.41, 5.74) is 3.69. The molecule has 0 bridgehead atoms. The summed E-state index contributed by atoms with van der Waals surface area (Å²) < 4.78 is 30.8. The number of thioether (sulfide) groups is 1. The summed E-state index contributed by atoms with van der Waals surface area (Å²) in [5, 5.41) is 0. The van der Waals surface area contributed by atoms with Crippen LogP contribution in [0.25, 0.3) is 10.4 Å². The first kappa shape index (κ1) is 27.3. The number of aromatic nitrogens is 1. The van der Waals surface area contributed by atoms with E-state index in [1.807, 2.05) is 25.3 Å². The molecular weight excluding hydrogens is 513 g/mol. The van der Waals surface area contributed by atoms with Gasteiger partial charge in [0.2, 0.25) is 5.95 Å². The van der Waals surface area contributed by atoms with Gasteiger partial charge in [0.05, 0.1) is 6.10 Å². The Balaban J connectivity index is 1.60. The third kappa shape index (κ3) is 6.40. The van der Waals surface area contributed by atoms with E-state index in [0.717, 1.165) is 33.6 Å². The van der Waals surface area contributed by atoms with Crippen molar-refractivity contribution in [2.75, 3.05) is 6.26 Å². The monoisotopic (exact) mass is 543 g/mol. The Labute approximate surface area is 224 Å². The Kier molecular flexibility index (Phi) is 8.67. The van der Waals surface area contributed by atoms with Gasteiger partial charge in [-0.25, -0.2) is 4.98 Å². The van der Waals surface area contributed by atoms with Crippen LogP contribution in [0.5, 0.6) is 0 Å². The molecule has 3 heterocycles. The minimum atomic E-state index is -0.696. The fourth-order valence-electron chi connectivity index (χ4n) is 4.62. The van der Waals surface area contributed by atoms with Crippen molar-refractivity contribution in [3.05, 3.63) is 76.2 Å². The number of pyridine rings is 1. The largest absolute Gasteiger partial charge is 0.458 e. The van der Waals surface area contributed by atoms with Crippen LogP contribution in [0.1, 0.15) is 48.4 Å². The molecule has 9 heteroatoms. The molecule has 1 aliphatic rings. The van der Waals surface area contributed by atoms with E-state index >= 15 is 0 Å². The molecule has 1 aliphatic heterocycles. The van der Waals surface area contributed by atoms with Crippen LogP contribution in [0.4, 0.5) is 4.39 Å². The first-order valence-corrected chi connectivity index (χ1v) is 14.1. The zero-order valence-electron chi connectivity index (χ0n) is 21.4. The maximum absolute atomic E-state index is 13.2. The van der Waals surface area contributed by atoms with Crippen molar-refractivity contribution in [1.29, 1.82) is 0 Å². The Morgan fingerprint density at radius 3 is 2.46 bits per heavy atom. The van der Waals surface area contributed by atoms with Crippen LogP contribution in [0.3, 0.4) is 0 Å². The third-order valence-electron chi connectivity index (χ3n) is 6.44. The Bertz CT molecular complexity index is 1260. The molecule has 4 rings (SSSR count). The molecule has 0 aliphatic carbocycles. The number of ether oxygens (including phenoxy) is 3. The zero-order chi connectivity index (χ0) is 26.7. The van der Waals surface area contributed by atoms with Crippen LogP contribution < -0.4 is 0 Å². The average molecular weight is 544 g/mol. The maximum atomic E-state index is 13.2. The number of rotatable bonds is 7. The molecule has 0 N–H and O–H groups in total. The highest BCUT2D eigenvalue weighted by atomic mass is 32.2. The van der Waals surface area contributed by atoms with Gasteiger partial charge < -0.3 is 14.2 Å². The second-order valence-electron chi connectivity index (χ2n) is 9.17. The minimum absolute atomic E-state index is 0.244. The van der Waals surface area contributed by atoms with Crippen LogP contribution >= 0.6 is 23.1 Å². The van der Waals surface area contributed by atoms with Crippen molar-refractivity contribution in [1.82, 2.24) is 4.98 Å². The highest BCUT2D eigenvalue weighted by Gasteiger charge is 2.48. The maximum Gasteiger partial charge on any atom is 0.303 e. The second kappa shape index (κ2) is 11.8. The quantitative estimate of drug-likeness (QED) is 0.263. The lowest BCUT2D eigenvalue weighted by molar-refractivity contribution is -0.208. The number of nitrogens with zero attached hydrogens (tertiary/aromatic N) is 1. The number of aryl methyl sites for hydroxylation is 1. The van der Waals surface area contributed by atoms with E-state index < -0.39 is 35.5 Å². The van der Waals surface area contributed by atoms with Crippen molar-refractivity contribution in [3.63, 3.8) is 0 Å². The number of hydrogen-bond donors (Lipinski definition) is 0. The number of carbonyl (C=O) groups is 2. The molecule has 5 atom stereocenters. The Hall–Kier alpha value is -2.75. The van der Waals surface area contributed by atoms with E-state index in [1.165, 1.54) is 36.6 Å². The molecule has 0 radical (unpaired) electrons. The molecule has 196 valence electrons. The SMILES string of the molecule is CS[C@H]1OC(c2ccc(C)c(Cc3ccc(-c4ccc(F)nc4)s3)c2)[C@H](C)[C@@H](OC(C)=O)[C@@H]1OC(C)=O. The topological polar surface area (TPSA) is 74.7 Å². The zero-order valence-corrected chi connectivity index (χ0v) is 23.0.